The Balaban J connectivity index is 0.00000225. The summed E-state index contributed by atoms with van der Waals surface area (Å²) in [5, 5.41) is 6.39. The van der Waals surface area contributed by atoms with E-state index in [2.05, 4.69) is 10.6 Å². The molecule has 2 saturated heterocycles. The van der Waals surface area contributed by atoms with E-state index in [1.54, 1.807) is 16.4 Å². The second-order valence-corrected chi connectivity index (χ2v) is 10.1. The summed E-state index contributed by atoms with van der Waals surface area (Å²) in [4.78, 5) is 12.8. The van der Waals surface area contributed by atoms with Gasteiger partial charge in [-0.15, -0.1) is 12.4 Å². The number of carbonyl (C=O) groups is 1. The molecular weight excluding hydrogens is 398 g/mol. The Hall–Kier alpha value is -1.15. The summed E-state index contributed by atoms with van der Waals surface area (Å²) in [6.45, 7) is 3.69. The smallest absolute Gasteiger partial charge is 0.243 e. The Labute approximate surface area is 173 Å². The van der Waals surface area contributed by atoms with Gasteiger partial charge in [0.15, 0.2) is 0 Å². The standard InChI is InChI=1S/C20H29N3O3S.ClH/c24-19(18-14-20(18)8-10-21-11-9-20)22-15-16-4-6-17(7-5-16)27(25,26)23-12-2-1-3-13-23;/h4-7,18,21H,1-3,8-15H2,(H,22,24);1H. The number of rotatable bonds is 5. The number of hydrogen-bond acceptors (Lipinski definition) is 4. The van der Waals surface area contributed by atoms with Crippen molar-refractivity contribution in [3.8, 4) is 0 Å². The van der Waals surface area contributed by atoms with Crippen LogP contribution >= 0.6 is 12.4 Å². The zero-order valence-corrected chi connectivity index (χ0v) is 17.8. The molecule has 1 spiro atoms. The van der Waals surface area contributed by atoms with Crippen LogP contribution in [0.1, 0.15) is 44.1 Å². The van der Waals surface area contributed by atoms with Crippen LogP contribution < -0.4 is 10.6 Å². The average molecular weight is 428 g/mol. The molecule has 2 heterocycles. The molecule has 3 fully saturated rings. The predicted octanol–water partition coefficient (Wildman–Crippen LogP) is 2.29. The first-order chi connectivity index (χ1) is 13.0. The Bertz CT molecular complexity index is 785. The van der Waals surface area contributed by atoms with Gasteiger partial charge in [0, 0.05) is 25.6 Å². The van der Waals surface area contributed by atoms with Crippen LogP contribution in [0.2, 0.25) is 0 Å². The summed E-state index contributed by atoms with van der Waals surface area (Å²) in [5.41, 5.74) is 1.17. The molecule has 4 rings (SSSR count). The summed E-state index contributed by atoms with van der Waals surface area (Å²) in [7, 11) is -3.39. The van der Waals surface area contributed by atoms with Crippen molar-refractivity contribution in [2.45, 2.75) is 50.0 Å². The summed E-state index contributed by atoms with van der Waals surface area (Å²) in [6, 6.07) is 6.95. The van der Waals surface area contributed by atoms with Gasteiger partial charge >= 0.3 is 0 Å². The summed E-state index contributed by atoms with van der Waals surface area (Å²) in [6.07, 6.45) is 6.16. The molecule has 1 aromatic rings. The maximum absolute atomic E-state index is 12.7. The number of piperidine rings is 2. The highest BCUT2D eigenvalue weighted by atomic mass is 35.5. The van der Waals surface area contributed by atoms with E-state index in [1.165, 1.54) is 0 Å². The molecular formula is C20H30ClN3O3S. The van der Waals surface area contributed by atoms with Crippen LogP contribution in [0.3, 0.4) is 0 Å². The lowest BCUT2D eigenvalue weighted by molar-refractivity contribution is -0.123. The largest absolute Gasteiger partial charge is 0.352 e. The Morgan fingerprint density at radius 2 is 1.75 bits per heavy atom. The minimum absolute atomic E-state index is 0. The molecule has 6 nitrogen and oxygen atoms in total. The van der Waals surface area contributed by atoms with E-state index >= 15 is 0 Å². The van der Waals surface area contributed by atoms with E-state index in [9.17, 15) is 13.2 Å². The Morgan fingerprint density at radius 3 is 2.39 bits per heavy atom. The van der Waals surface area contributed by atoms with Crippen LogP contribution in [0.5, 0.6) is 0 Å². The van der Waals surface area contributed by atoms with Gasteiger partial charge in [0.25, 0.3) is 0 Å². The molecule has 28 heavy (non-hydrogen) atoms. The van der Waals surface area contributed by atoms with Crippen molar-refractivity contribution in [3.05, 3.63) is 29.8 Å². The van der Waals surface area contributed by atoms with Crippen molar-refractivity contribution in [1.82, 2.24) is 14.9 Å². The summed E-state index contributed by atoms with van der Waals surface area (Å²) in [5.74, 6) is 0.292. The Morgan fingerprint density at radius 1 is 1.11 bits per heavy atom. The Kier molecular flexibility index (Phi) is 6.69. The minimum Gasteiger partial charge on any atom is -0.352 e. The third-order valence-corrected chi connectivity index (χ3v) is 8.36. The average Bonchev–Trinajstić information content (AvgIpc) is 3.40. The van der Waals surface area contributed by atoms with Crippen LogP contribution in [0, 0.1) is 11.3 Å². The van der Waals surface area contributed by atoms with Gasteiger partial charge in [-0.3, -0.25) is 4.79 Å². The molecule has 3 aliphatic rings. The van der Waals surface area contributed by atoms with E-state index in [1.807, 2.05) is 12.1 Å². The van der Waals surface area contributed by atoms with Crippen molar-refractivity contribution in [1.29, 1.82) is 0 Å². The monoisotopic (exact) mass is 427 g/mol. The van der Waals surface area contributed by atoms with Crippen molar-refractivity contribution in [3.63, 3.8) is 0 Å². The first-order valence-corrected chi connectivity index (χ1v) is 11.5. The fourth-order valence-electron chi connectivity index (χ4n) is 4.54. The molecule has 8 heteroatoms. The summed E-state index contributed by atoms with van der Waals surface area (Å²) < 4.78 is 27.0. The number of nitrogens with one attached hydrogen (secondary N) is 2. The lowest BCUT2D eigenvalue weighted by Crippen LogP contribution is -2.35. The van der Waals surface area contributed by atoms with Gasteiger partial charge in [-0.05, 0) is 68.3 Å². The third-order valence-electron chi connectivity index (χ3n) is 6.45. The van der Waals surface area contributed by atoms with Crippen molar-refractivity contribution >= 4 is 28.3 Å². The molecule has 0 aromatic heterocycles. The van der Waals surface area contributed by atoms with Gasteiger partial charge in [0.1, 0.15) is 0 Å². The van der Waals surface area contributed by atoms with Gasteiger partial charge in [-0.1, -0.05) is 18.6 Å². The predicted molar refractivity (Wildman–Crippen MR) is 111 cm³/mol. The van der Waals surface area contributed by atoms with Crippen molar-refractivity contribution in [2.24, 2.45) is 11.3 Å². The fraction of sp³-hybridized carbons (Fsp3) is 0.650. The maximum atomic E-state index is 12.7. The van der Waals surface area contributed by atoms with Gasteiger partial charge in [0.05, 0.1) is 4.90 Å². The van der Waals surface area contributed by atoms with E-state index in [0.717, 1.165) is 57.2 Å². The van der Waals surface area contributed by atoms with E-state index in [4.69, 9.17) is 0 Å². The van der Waals surface area contributed by atoms with E-state index in [0.29, 0.717) is 24.5 Å². The highest BCUT2D eigenvalue weighted by molar-refractivity contribution is 7.89. The van der Waals surface area contributed by atoms with Gasteiger partial charge in [0.2, 0.25) is 15.9 Å². The zero-order valence-electron chi connectivity index (χ0n) is 16.2. The molecule has 1 saturated carbocycles. The van der Waals surface area contributed by atoms with Crippen LogP contribution in [0.25, 0.3) is 0 Å². The topological polar surface area (TPSA) is 78.5 Å². The SMILES string of the molecule is Cl.O=C(NCc1ccc(S(=O)(=O)N2CCCCC2)cc1)C1CC12CCNCC2. The molecule has 1 aliphatic carbocycles. The second-order valence-electron chi connectivity index (χ2n) is 8.20. The van der Waals surface area contributed by atoms with Crippen molar-refractivity contribution < 1.29 is 13.2 Å². The quantitative estimate of drug-likeness (QED) is 0.755. The number of sulfonamides is 1. The van der Waals surface area contributed by atoms with Crippen LogP contribution in [0.4, 0.5) is 0 Å². The molecule has 156 valence electrons. The molecule has 1 atom stereocenters. The first-order valence-electron chi connectivity index (χ1n) is 10.1. The lowest BCUT2D eigenvalue weighted by atomic mass is 9.92. The maximum Gasteiger partial charge on any atom is 0.243 e. The molecule has 1 amide bonds. The number of benzene rings is 1. The third kappa shape index (κ3) is 4.37. The highest BCUT2D eigenvalue weighted by Gasteiger charge is 2.57. The molecule has 2 N–H and O–H groups in total. The summed E-state index contributed by atoms with van der Waals surface area (Å²) >= 11 is 0. The second kappa shape index (κ2) is 8.69. The number of amides is 1. The highest BCUT2D eigenvalue weighted by Crippen LogP contribution is 2.58. The van der Waals surface area contributed by atoms with E-state index < -0.39 is 10.0 Å². The molecule has 2 aliphatic heterocycles. The minimum atomic E-state index is -3.39. The number of nitrogens with zero attached hydrogens (tertiary/aromatic N) is 1. The van der Waals surface area contributed by atoms with Gasteiger partial charge < -0.3 is 10.6 Å². The van der Waals surface area contributed by atoms with Crippen LogP contribution in [-0.2, 0) is 21.4 Å². The van der Waals surface area contributed by atoms with Gasteiger partial charge in [-0.25, -0.2) is 8.42 Å². The van der Waals surface area contributed by atoms with E-state index in [-0.39, 0.29) is 29.6 Å². The normalized spacial score (nSPS) is 24.4. The number of hydrogen-bond donors (Lipinski definition) is 2. The first kappa shape index (κ1) is 21.6. The fourth-order valence-corrected chi connectivity index (χ4v) is 6.06. The molecule has 1 aromatic carbocycles. The van der Waals surface area contributed by atoms with Crippen LogP contribution in [-0.4, -0.2) is 44.8 Å². The number of carbonyl (C=O) groups excluding carboxylic acids is 1. The van der Waals surface area contributed by atoms with Crippen molar-refractivity contribution in [2.75, 3.05) is 26.2 Å². The zero-order chi connectivity index (χ0) is 18.9. The molecule has 1 unspecified atom stereocenters. The molecule has 0 bridgehead atoms. The number of halogens is 1. The molecule has 0 radical (unpaired) electrons. The van der Waals surface area contributed by atoms with Gasteiger partial charge in [-0.2, -0.15) is 4.31 Å². The van der Waals surface area contributed by atoms with Crippen LogP contribution in [0.15, 0.2) is 29.2 Å². The lowest BCUT2D eigenvalue weighted by Gasteiger charge is -2.25.